The molecule has 0 atom stereocenters. The Kier molecular flexibility index (Phi) is 12.3. The molecule has 0 N–H and O–H groups in total. The Labute approximate surface area is 497 Å². The quantitative estimate of drug-likeness (QED) is 0.0707. The first-order valence-corrected chi connectivity index (χ1v) is 35.4. The Bertz CT molecular complexity index is 5010. The molecule has 16 aromatic rings. The van der Waals surface area contributed by atoms with Crippen LogP contribution in [-0.2, 0) is 0 Å². The van der Waals surface area contributed by atoms with Gasteiger partial charge in [0.2, 0.25) is 0 Å². The van der Waals surface area contributed by atoms with Crippen LogP contribution in [0, 0.1) is 0 Å². The molecule has 14 aromatic carbocycles. The van der Waals surface area contributed by atoms with E-state index in [-0.39, 0.29) is 0 Å². The first-order chi connectivity index (χ1) is 41.1. The maximum Gasteiger partial charge on any atom is -0.0619 e. The van der Waals surface area contributed by atoms with Crippen LogP contribution in [0.4, 0.5) is 0 Å². The molecule has 0 saturated heterocycles. The van der Waals surface area contributed by atoms with Gasteiger partial charge < -0.3 is 0 Å². The summed E-state index contributed by atoms with van der Waals surface area (Å²) in [6, 6.07) is 120. The molecular weight excluding hydrogens is 1090 g/mol. The minimum absolute atomic E-state index is 1.24. The molecule has 0 bridgehead atoms. The van der Waals surface area contributed by atoms with Crippen LogP contribution in [0.5, 0.6) is 0 Å². The number of benzene rings is 14. The van der Waals surface area contributed by atoms with Crippen molar-refractivity contribution in [2.24, 2.45) is 0 Å². The van der Waals surface area contributed by atoms with Crippen LogP contribution in [0.2, 0.25) is 0 Å². The molecule has 16 rings (SSSR count). The monoisotopic (exact) mass is 1140 g/mol. The van der Waals surface area contributed by atoms with Gasteiger partial charge in [-0.3, -0.25) is 0 Å². The zero-order valence-electron chi connectivity index (χ0n) is 45.3. The average Bonchev–Trinajstić information content (AvgIpc) is 2.45. The summed E-state index contributed by atoms with van der Waals surface area (Å²) >= 11 is 5.72. The molecule has 2 aromatic heterocycles. The van der Waals surface area contributed by atoms with Crippen molar-refractivity contribution in [2.45, 2.75) is 9.79 Å². The van der Waals surface area contributed by atoms with Gasteiger partial charge in [-0.15, -0.1) is 0 Å². The van der Waals surface area contributed by atoms with Gasteiger partial charge in [-0.1, -0.05) is 115 Å². The third kappa shape index (κ3) is 8.29. The van der Waals surface area contributed by atoms with E-state index in [9.17, 15) is 0 Å². The zero-order chi connectivity index (χ0) is 54.9. The summed E-state index contributed by atoms with van der Waals surface area (Å²) in [4.78, 5) is 2.49. The topological polar surface area (TPSA) is 0 Å². The van der Waals surface area contributed by atoms with E-state index in [1.165, 1.54) is 135 Å². The first kappa shape index (κ1) is 49.9. The molecule has 0 aliphatic rings. The molecular formula is C78H53S3Si2-. The predicted molar refractivity (Wildman–Crippen MR) is 369 cm³/mol. The van der Waals surface area contributed by atoms with E-state index in [2.05, 4.69) is 315 Å². The molecule has 0 unspecified atom stereocenters. The second-order valence-electron chi connectivity index (χ2n) is 22.1. The molecule has 0 nitrogen and oxygen atoms in total. The van der Waals surface area contributed by atoms with Gasteiger partial charge in [0, 0.05) is 9.79 Å². The Morgan fingerprint density at radius 3 is 1.40 bits per heavy atom. The van der Waals surface area contributed by atoms with E-state index in [4.69, 9.17) is 0 Å². The number of rotatable bonds is 11. The minimum atomic E-state index is -3.32. The van der Waals surface area contributed by atoms with Crippen molar-refractivity contribution in [3.8, 4) is 11.1 Å². The second-order valence-corrected chi connectivity index (χ2v) is 33.7. The van der Waals surface area contributed by atoms with Crippen molar-refractivity contribution in [3.05, 3.63) is 315 Å². The molecule has 0 aliphatic heterocycles. The number of hydrogen-bond acceptors (Lipinski definition) is 3. The first-order valence-electron chi connectivity index (χ1n) is 28.6. The molecule has 0 saturated carbocycles. The Morgan fingerprint density at radius 2 is 0.735 bits per heavy atom. The maximum absolute atomic E-state index is 3.32. The summed E-state index contributed by atoms with van der Waals surface area (Å²) < 4.78 is 5.32. The Balaban J connectivity index is 0.813. The van der Waals surface area contributed by atoms with Crippen LogP contribution in [0.15, 0.2) is 325 Å². The van der Waals surface area contributed by atoms with Crippen LogP contribution in [-0.4, -0.2) is 16.1 Å². The molecule has 0 spiro atoms. The summed E-state index contributed by atoms with van der Waals surface area (Å²) in [5.41, 5.74) is 2.50. The van der Waals surface area contributed by atoms with Gasteiger partial charge in [0.25, 0.3) is 0 Å². The predicted octanol–water partition coefficient (Wildman–Crippen LogP) is 16.2. The average molecular weight is 1140 g/mol. The van der Waals surface area contributed by atoms with Crippen molar-refractivity contribution in [1.82, 2.24) is 0 Å². The third-order valence-electron chi connectivity index (χ3n) is 17.8. The molecule has 0 radical (unpaired) electrons. The smallest absolute Gasteiger partial charge is 0.0619 e. The standard InChI is InChI=1S/C78H53S3Si2/c1-5-22-60(23-6-1)82(61-24-7-2-8-25-61,64-40-35-55(36-41-64)69-31-17-21-56-33-32-54-19-15-16-30-68(54)78(56)69)66-44-46-70-72-51-77-73(52-76(72)80-74(70)49-66)71-47-45-67(50-75(71)81-77)83(62-26-9-3-10-27-62,63-28-11-4-12-29-63)65-42-38-58(39-43-65)79-59-37-34-53-18-13-14-20-57(53)48-59/h1-52,82H/q-1. The fraction of sp³-hybridized carbons (Fsp3) is 0. The summed E-state index contributed by atoms with van der Waals surface area (Å²) in [5, 5.41) is 24.1. The normalized spacial score (nSPS) is 12.3. The van der Waals surface area contributed by atoms with Gasteiger partial charge in [0.1, 0.15) is 0 Å². The number of fused-ring (bicyclic) bond motifs is 10. The minimum Gasteiger partial charge on any atom is -0.0623 e. The Morgan fingerprint density at radius 1 is 0.265 bits per heavy atom. The van der Waals surface area contributed by atoms with Gasteiger partial charge in [-0.25, -0.2) is 0 Å². The van der Waals surface area contributed by atoms with Gasteiger partial charge in [-0.2, -0.15) is 0 Å². The number of hydrogen-bond donors (Lipinski definition) is 0. The van der Waals surface area contributed by atoms with E-state index < -0.39 is 16.1 Å². The van der Waals surface area contributed by atoms with E-state index >= 15 is 0 Å². The van der Waals surface area contributed by atoms with Crippen LogP contribution in [0.1, 0.15) is 0 Å². The van der Waals surface area contributed by atoms with Gasteiger partial charge in [0.05, 0.1) is 0 Å². The van der Waals surface area contributed by atoms with Crippen molar-refractivity contribution >= 4 is 165 Å². The van der Waals surface area contributed by atoms with Crippen molar-refractivity contribution in [3.63, 3.8) is 0 Å². The van der Waals surface area contributed by atoms with Crippen molar-refractivity contribution < 1.29 is 0 Å². The molecule has 0 fully saturated rings. The van der Waals surface area contributed by atoms with Gasteiger partial charge >= 0.3 is 326 Å². The van der Waals surface area contributed by atoms with E-state index in [0.29, 0.717) is 0 Å². The fourth-order valence-electron chi connectivity index (χ4n) is 14.0. The third-order valence-corrected chi connectivity index (χ3v) is 31.3. The molecule has 5 heteroatoms. The van der Waals surface area contributed by atoms with E-state index in [0.717, 1.165) is 0 Å². The van der Waals surface area contributed by atoms with Crippen LogP contribution in [0.25, 0.3) is 83.8 Å². The molecule has 83 heavy (non-hydrogen) atoms. The van der Waals surface area contributed by atoms with Crippen molar-refractivity contribution in [2.75, 3.05) is 0 Å². The van der Waals surface area contributed by atoms with Crippen LogP contribution >= 0.6 is 34.4 Å². The van der Waals surface area contributed by atoms with Gasteiger partial charge in [-0.05, 0) is 50.6 Å². The summed E-state index contributed by atoms with van der Waals surface area (Å²) in [6.07, 6.45) is 0. The fourth-order valence-corrected chi connectivity index (χ4v) is 27.6. The summed E-state index contributed by atoms with van der Waals surface area (Å²) in [7, 11) is -6.14. The van der Waals surface area contributed by atoms with Crippen LogP contribution in [0.3, 0.4) is 0 Å². The second kappa shape index (κ2) is 20.5. The van der Waals surface area contributed by atoms with Crippen LogP contribution < -0.4 is 41.5 Å². The van der Waals surface area contributed by atoms with Crippen molar-refractivity contribution in [1.29, 1.82) is 0 Å². The van der Waals surface area contributed by atoms with Gasteiger partial charge in [0.15, 0.2) is 0 Å². The number of thiophene rings is 2. The van der Waals surface area contributed by atoms with E-state index in [1.807, 2.05) is 34.4 Å². The van der Waals surface area contributed by atoms with E-state index in [1.54, 1.807) is 0 Å². The SMILES string of the molecule is c1ccc([Si](c2ccccc2)(c2ccc(Sc3ccc4ccccc4c3)cc2)c2ccc3c(c2)sc2cc4c(cc23)sc2cc([SiH-](c3ccccc3)(c3ccccc3)c3ccc(-c5cccc6ccc7ccccc7c56)cc3)ccc24)cc1. The molecule has 0 aliphatic carbocycles. The maximum atomic E-state index is 2.57. The summed E-state index contributed by atoms with van der Waals surface area (Å²) in [5.74, 6) is 0. The molecule has 0 amide bonds. The Hall–Kier alpha value is -8.92. The summed E-state index contributed by atoms with van der Waals surface area (Å²) in [6.45, 7) is 0. The zero-order valence-corrected chi connectivity index (χ0v) is 49.9. The molecule has 392 valence electrons. The largest absolute Gasteiger partial charge is 0.0623 e. The molecule has 2 heterocycles.